The number of likely N-dealkylation sites (N-methyl/N-ethyl adjacent to an activating group) is 1. The van der Waals surface area contributed by atoms with Gasteiger partial charge in [0.05, 0.1) is 11.4 Å². The zero-order chi connectivity index (χ0) is 13.1. The molecule has 0 bridgehead atoms. The van der Waals surface area contributed by atoms with Crippen LogP contribution in [0.1, 0.15) is 25.2 Å². The van der Waals surface area contributed by atoms with Crippen LogP contribution in [0.5, 0.6) is 0 Å². The number of anilines is 1. The summed E-state index contributed by atoms with van der Waals surface area (Å²) in [4.78, 5) is 19.8. The van der Waals surface area contributed by atoms with Gasteiger partial charge in [-0.1, -0.05) is 13.8 Å². The molecule has 1 saturated heterocycles. The monoisotopic (exact) mass is 249 g/mol. The van der Waals surface area contributed by atoms with Crippen LogP contribution in [-0.2, 0) is 17.6 Å². The highest BCUT2D eigenvalue weighted by molar-refractivity contribution is 5.81. The molecule has 1 aliphatic heterocycles. The van der Waals surface area contributed by atoms with Crippen LogP contribution < -0.4 is 4.90 Å². The summed E-state index contributed by atoms with van der Waals surface area (Å²) in [6.45, 7) is 5.91. The van der Waals surface area contributed by atoms with Crippen molar-refractivity contribution in [3.8, 4) is 0 Å². The summed E-state index contributed by atoms with van der Waals surface area (Å²) < 4.78 is 0. The van der Waals surface area contributed by atoms with E-state index in [1.165, 1.54) is 0 Å². The maximum absolute atomic E-state index is 11.7. The largest absolute Gasteiger partial charge is 0.342 e. The third-order valence-corrected chi connectivity index (χ3v) is 3.24. The van der Waals surface area contributed by atoms with Crippen LogP contribution in [0, 0.1) is 0 Å². The van der Waals surface area contributed by atoms with Gasteiger partial charge in [-0.15, -0.1) is 5.10 Å². The Kier molecular flexibility index (Phi) is 3.74. The maximum Gasteiger partial charge on any atom is 0.246 e. The highest BCUT2D eigenvalue weighted by Gasteiger charge is 2.23. The van der Waals surface area contributed by atoms with Gasteiger partial charge in [0, 0.05) is 20.1 Å². The predicted molar refractivity (Wildman–Crippen MR) is 68.4 cm³/mol. The smallest absolute Gasteiger partial charge is 0.246 e. The number of amides is 1. The molecule has 0 spiro atoms. The second-order valence-electron chi connectivity index (χ2n) is 4.45. The molecule has 0 aliphatic carbocycles. The highest BCUT2D eigenvalue weighted by Crippen LogP contribution is 2.13. The van der Waals surface area contributed by atoms with Gasteiger partial charge in [-0.25, -0.2) is 4.98 Å². The average molecular weight is 249 g/mol. The highest BCUT2D eigenvalue weighted by atomic mass is 16.2. The van der Waals surface area contributed by atoms with Crippen molar-refractivity contribution in [2.75, 3.05) is 31.6 Å². The van der Waals surface area contributed by atoms with E-state index in [0.29, 0.717) is 19.0 Å². The molecule has 1 aromatic heterocycles. The van der Waals surface area contributed by atoms with Crippen molar-refractivity contribution < 1.29 is 4.79 Å². The first-order valence-corrected chi connectivity index (χ1v) is 6.37. The fraction of sp³-hybridized carbons (Fsp3) is 0.667. The van der Waals surface area contributed by atoms with Gasteiger partial charge in [-0.2, -0.15) is 5.10 Å². The third kappa shape index (κ3) is 2.42. The summed E-state index contributed by atoms with van der Waals surface area (Å²) in [5, 5.41) is 8.34. The summed E-state index contributed by atoms with van der Waals surface area (Å²) in [5.74, 6) is 0.674. The number of nitrogens with zero attached hydrogens (tertiary/aromatic N) is 5. The van der Waals surface area contributed by atoms with Crippen molar-refractivity contribution in [1.29, 1.82) is 0 Å². The molecular formula is C12H19N5O. The lowest BCUT2D eigenvalue weighted by molar-refractivity contribution is -0.129. The third-order valence-electron chi connectivity index (χ3n) is 3.24. The Bertz CT molecular complexity index is 448. The van der Waals surface area contributed by atoms with E-state index >= 15 is 0 Å². The van der Waals surface area contributed by atoms with E-state index < -0.39 is 0 Å². The zero-order valence-corrected chi connectivity index (χ0v) is 11.2. The minimum atomic E-state index is 0.0995. The van der Waals surface area contributed by atoms with Crippen LogP contribution in [0.15, 0.2) is 0 Å². The lowest BCUT2D eigenvalue weighted by Crippen LogP contribution is -2.49. The van der Waals surface area contributed by atoms with Gasteiger partial charge >= 0.3 is 0 Å². The Morgan fingerprint density at radius 3 is 2.44 bits per heavy atom. The quantitative estimate of drug-likeness (QED) is 0.769. The molecule has 2 rings (SSSR count). The van der Waals surface area contributed by atoms with Crippen molar-refractivity contribution in [3.05, 3.63) is 11.4 Å². The molecule has 1 aromatic rings. The molecule has 0 aromatic carbocycles. The zero-order valence-electron chi connectivity index (χ0n) is 11.2. The Hall–Kier alpha value is -1.72. The molecule has 6 nitrogen and oxygen atoms in total. The second-order valence-corrected chi connectivity index (χ2v) is 4.45. The van der Waals surface area contributed by atoms with Crippen molar-refractivity contribution in [2.24, 2.45) is 0 Å². The first-order valence-electron chi connectivity index (χ1n) is 6.37. The SMILES string of the molecule is CCc1nnc(N2CCN(C)C(=O)C2)nc1CC. The first-order chi connectivity index (χ1) is 8.65. The van der Waals surface area contributed by atoms with Crippen LogP contribution in [-0.4, -0.2) is 52.7 Å². The minimum Gasteiger partial charge on any atom is -0.342 e. The molecule has 1 amide bonds. The number of carbonyl (C=O) groups excluding carboxylic acids is 1. The molecule has 1 aliphatic rings. The number of aromatic nitrogens is 3. The molecule has 0 saturated carbocycles. The van der Waals surface area contributed by atoms with Crippen LogP contribution in [0.2, 0.25) is 0 Å². The number of rotatable bonds is 3. The fourth-order valence-corrected chi connectivity index (χ4v) is 1.99. The fourth-order valence-electron chi connectivity index (χ4n) is 1.99. The van der Waals surface area contributed by atoms with Crippen molar-refractivity contribution in [3.63, 3.8) is 0 Å². The van der Waals surface area contributed by atoms with Gasteiger partial charge in [-0.3, -0.25) is 4.79 Å². The van der Waals surface area contributed by atoms with E-state index in [1.54, 1.807) is 4.90 Å². The molecule has 0 unspecified atom stereocenters. The Morgan fingerprint density at radius 1 is 1.11 bits per heavy atom. The van der Waals surface area contributed by atoms with Crippen molar-refractivity contribution in [2.45, 2.75) is 26.7 Å². The summed E-state index contributed by atoms with van der Waals surface area (Å²) in [6, 6.07) is 0. The normalized spacial score (nSPS) is 16.3. The molecule has 18 heavy (non-hydrogen) atoms. The van der Waals surface area contributed by atoms with Gasteiger partial charge in [0.15, 0.2) is 0 Å². The summed E-state index contributed by atoms with van der Waals surface area (Å²) in [5.41, 5.74) is 1.93. The lowest BCUT2D eigenvalue weighted by Gasteiger charge is -2.31. The van der Waals surface area contributed by atoms with Gasteiger partial charge in [-0.05, 0) is 12.8 Å². The maximum atomic E-state index is 11.7. The van der Waals surface area contributed by atoms with E-state index in [9.17, 15) is 4.79 Å². The van der Waals surface area contributed by atoms with Crippen LogP contribution in [0.4, 0.5) is 5.95 Å². The van der Waals surface area contributed by atoms with Gasteiger partial charge in [0.1, 0.15) is 6.54 Å². The predicted octanol–water partition coefficient (Wildman–Crippen LogP) is 0.275. The molecule has 1 fully saturated rings. The minimum absolute atomic E-state index is 0.0995. The van der Waals surface area contributed by atoms with Crippen LogP contribution in [0.3, 0.4) is 0 Å². The van der Waals surface area contributed by atoms with Gasteiger partial charge in [0.25, 0.3) is 0 Å². The summed E-state index contributed by atoms with van der Waals surface area (Å²) in [6.07, 6.45) is 1.68. The molecule has 98 valence electrons. The Morgan fingerprint density at radius 2 is 1.83 bits per heavy atom. The second kappa shape index (κ2) is 5.29. The first kappa shape index (κ1) is 12.7. The van der Waals surface area contributed by atoms with E-state index in [2.05, 4.69) is 22.1 Å². The number of carbonyl (C=O) groups is 1. The topological polar surface area (TPSA) is 62.2 Å². The van der Waals surface area contributed by atoms with Crippen molar-refractivity contribution in [1.82, 2.24) is 20.1 Å². The molecule has 0 radical (unpaired) electrons. The van der Waals surface area contributed by atoms with Crippen molar-refractivity contribution >= 4 is 11.9 Å². The lowest BCUT2D eigenvalue weighted by atomic mass is 10.2. The number of piperazine rings is 1. The molecule has 0 N–H and O–H groups in total. The molecule has 0 atom stereocenters. The van der Waals surface area contributed by atoms with Crippen LogP contribution in [0.25, 0.3) is 0 Å². The van der Waals surface area contributed by atoms with E-state index in [4.69, 9.17) is 0 Å². The Balaban J connectivity index is 2.21. The van der Waals surface area contributed by atoms with Gasteiger partial charge < -0.3 is 9.80 Å². The van der Waals surface area contributed by atoms with E-state index in [1.807, 2.05) is 18.9 Å². The van der Waals surface area contributed by atoms with E-state index in [-0.39, 0.29) is 5.91 Å². The summed E-state index contributed by atoms with van der Waals surface area (Å²) >= 11 is 0. The van der Waals surface area contributed by atoms with Gasteiger partial charge in [0.2, 0.25) is 11.9 Å². The Labute approximate surface area is 107 Å². The average Bonchev–Trinajstić information content (AvgIpc) is 2.41. The standard InChI is InChI=1S/C12H19N5O/c1-4-9-10(5-2)14-15-12(13-9)17-7-6-16(3)11(18)8-17/h4-8H2,1-3H3. The van der Waals surface area contributed by atoms with Crippen LogP contribution >= 0.6 is 0 Å². The molecule has 6 heteroatoms. The number of hydrogen-bond donors (Lipinski definition) is 0. The molecule has 2 heterocycles. The summed E-state index contributed by atoms with van der Waals surface area (Å²) in [7, 11) is 1.82. The molecular weight excluding hydrogens is 230 g/mol. The number of aryl methyl sites for hydroxylation is 2. The van der Waals surface area contributed by atoms with E-state index in [0.717, 1.165) is 30.8 Å². The number of hydrogen-bond acceptors (Lipinski definition) is 5.